The average Bonchev–Trinajstić information content (AvgIpc) is 3.38. The van der Waals surface area contributed by atoms with Crippen molar-refractivity contribution in [1.82, 2.24) is 4.98 Å². The summed E-state index contributed by atoms with van der Waals surface area (Å²) in [6, 6.07) is 15.0. The lowest BCUT2D eigenvalue weighted by molar-refractivity contribution is -0.132. The largest absolute Gasteiger partial charge is 0.507 e. The summed E-state index contributed by atoms with van der Waals surface area (Å²) in [6.45, 7) is 3.88. The molecule has 160 valence electrons. The maximum atomic E-state index is 13.2. The first kappa shape index (κ1) is 19.8. The van der Waals surface area contributed by atoms with Crippen molar-refractivity contribution in [2.45, 2.75) is 19.9 Å². The van der Waals surface area contributed by atoms with Crippen molar-refractivity contribution in [2.75, 3.05) is 11.7 Å². The van der Waals surface area contributed by atoms with Crippen LogP contribution in [0.3, 0.4) is 0 Å². The number of nitrogens with zero attached hydrogens (tertiary/aromatic N) is 2. The molecule has 2 aliphatic rings. The van der Waals surface area contributed by atoms with E-state index in [9.17, 15) is 14.7 Å². The van der Waals surface area contributed by atoms with E-state index >= 15 is 0 Å². The van der Waals surface area contributed by atoms with Crippen LogP contribution in [0.15, 0.2) is 66.4 Å². The lowest BCUT2D eigenvalue weighted by Gasteiger charge is -2.26. The highest BCUT2D eigenvalue weighted by Gasteiger charge is 2.48. The predicted molar refractivity (Wildman–Crippen MR) is 118 cm³/mol. The number of hydrogen-bond acceptors (Lipinski definition) is 6. The third-order valence-corrected chi connectivity index (χ3v) is 5.68. The van der Waals surface area contributed by atoms with Gasteiger partial charge in [-0.05, 0) is 61.4 Å². The molecule has 0 bridgehead atoms. The minimum Gasteiger partial charge on any atom is -0.507 e. The molecule has 2 aliphatic heterocycles. The molecular formula is C25H20N2O5. The van der Waals surface area contributed by atoms with Crippen LogP contribution in [0.25, 0.3) is 5.76 Å². The number of aliphatic hydroxyl groups is 1. The molecule has 2 aromatic carbocycles. The van der Waals surface area contributed by atoms with Crippen LogP contribution in [0, 0.1) is 13.8 Å². The number of aliphatic hydroxyl groups excluding tert-OH is 1. The van der Waals surface area contributed by atoms with Crippen LogP contribution in [0.5, 0.6) is 11.5 Å². The van der Waals surface area contributed by atoms with Gasteiger partial charge in [-0.15, -0.1) is 0 Å². The monoisotopic (exact) mass is 428 g/mol. The van der Waals surface area contributed by atoms with Crippen LogP contribution < -0.4 is 14.4 Å². The predicted octanol–water partition coefficient (Wildman–Crippen LogP) is 4.05. The standard InChI is InChI=1S/C25H20N2O5/c1-14-6-7-15(2)18(11-14)27-22(17-5-3-4-10-26-17)21(24(29)25(27)30)23(28)16-8-9-19-20(12-16)32-13-31-19/h3-12,22,28H,13H2,1-2H3/b23-21-. The van der Waals surface area contributed by atoms with Crippen molar-refractivity contribution >= 4 is 23.1 Å². The SMILES string of the molecule is Cc1ccc(C)c(N2C(=O)C(=O)/C(=C(\O)c3ccc4c(c3)OCO4)C2c2ccccn2)c1. The zero-order valence-corrected chi connectivity index (χ0v) is 17.5. The Morgan fingerprint density at radius 2 is 1.84 bits per heavy atom. The van der Waals surface area contributed by atoms with E-state index in [1.54, 1.807) is 42.6 Å². The maximum absolute atomic E-state index is 13.2. The maximum Gasteiger partial charge on any atom is 0.300 e. The molecule has 3 heterocycles. The molecule has 1 saturated heterocycles. The molecule has 0 radical (unpaired) electrons. The van der Waals surface area contributed by atoms with Crippen LogP contribution in [0.4, 0.5) is 5.69 Å². The highest BCUT2D eigenvalue weighted by molar-refractivity contribution is 6.51. The molecular weight excluding hydrogens is 408 g/mol. The van der Waals surface area contributed by atoms with Crippen molar-refractivity contribution in [2.24, 2.45) is 0 Å². The Kier molecular flexibility index (Phi) is 4.66. The van der Waals surface area contributed by atoms with E-state index in [2.05, 4.69) is 4.98 Å². The number of Topliss-reactive ketones (excluding diaryl/α,β-unsaturated/α-hetero) is 1. The van der Waals surface area contributed by atoms with Crippen LogP contribution in [0.1, 0.15) is 28.4 Å². The number of fused-ring (bicyclic) bond motifs is 1. The minimum absolute atomic E-state index is 0.0199. The summed E-state index contributed by atoms with van der Waals surface area (Å²) < 4.78 is 10.7. The number of amides is 1. The fraction of sp³-hybridized carbons (Fsp3) is 0.160. The van der Waals surface area contributed by atoms with E-state index in [1.807, 2.05) is 32.0 Å². The van der Waals surface area contributed by atoms with Gasteiger partial charge in [0.05, 0.1) is 11.3 Å². The summed E-state index contributed by atoms with van der Waals surface area (Å²) in [5.74, 6) is -0.746. The fourth-order valence-electron chi connectivity index (χ4n) is 4.08. The second-order valence-electron chi connectivity index (χ2n) is 7.78. The highest BCUT2D eigenvalue weighted by Crippen LogP contribution is 2.43. The Labute approximate surface area is 184 Å². The smallest absolute Gasteiger partial charge is 0.300 e. The summed E-state index contributed by atoms with van der Waals surface area (Å²) in [7, 11) is 0. The number of pyridine rings is 1. The zero-order valence-electron chi connectivity index (χ0n) is 17.5. The van der Waals surface area contributed by atoms with E-state index in [1.165, 1.54) is 4.90 Å². The van der Waals surface area contributed by atoms with Crippen molar-refractivity contribution in [3.8, 4) is 11.5 Å². The van der Waals surface area contributed by atoms with Crippen molar-refractivity contribution in [1.29, 1.82) is 0 Å². The molecule has 0 spiro atoms. The first-order valence-corrected chi connectivity index (χ1v) is 10.1. The lowest BCUT2D eigenvalue weighted by atomic mass is 9.97. The molecule has 1 atom stereocenters. The Balaban J connectivity index is 1.73. The van der Waals surface area contributed by atoms with E-state index in [0.717, 1.165) is 11.1 Å². The number of ketones is 1. The summed E-state index contributed by atoms with van der Waals surface area (Å²) >= 11 is 0. The van der Waals surface area contributed by atoms with Crippen molar-refractivity contribution in [3.63, 3.8) is 0 Å². The van der Waals surface area contributed by atoms with E-state index < -0.39 is 17.7 Å². The van der Waals surface area contributed by atoms with Gasteiger partial charge >= 0.3 is 0 Å². The van der Waals surface area contributed by atoms with Gasteiger partial charge in [0.2, 0.25) is 6.79 Å². The number of benzene rings is 2. The third-order valence-electron chi connectivity index (χ3n) is 5.68. The molecule has 0 saturated carbocycles. The third kappa shape index (κ3) is 3.10. The summed E-state index contributed by atoms with van der Waals surface area (Å²) in [5.41, 5.74) is 3.20. The molecule has 7 nitrogen and oxygen atoms in total. The molecule has 1 aromatic heterocycles. The molecule has 1 N–H and O–H groups in total. The molecule has 0 aliphatic carbocycles. The van der Waals surface area contributed by atoms with Crippen LogP contribution in [-0.4, -0.2) is 28.6 Å². The van der Waals surface area contributed by atoms with Gasteiger partial charge in [-0.1, -0.05) is 18.2 Å². The number of hydrogen-bond donors (Lipinski definition) is 1. The minimum atomic E-state index is -0.873. The van der Waals surface area contributed by atoms with Gasteiger partial charge in [-0.3, -0.25) is 19.5 Å². The number of aryl methyl sites for hydroxylation is 2. The van der Waals surface area contributed by atoms with Gasteiger partial charge in [-0.2, -0.15) is 0 Å². The Morgan fingerprint density at radius 1 is 1.03 bits per heavy atom. The molecule has 3 aromatic rings. The summed E-state index contributed by atoms with van der Waals surface area (Å²) in [4.78, 5) is 32.3. The Morgan fingerprint density at radius 3 is 2.62 bits per heavy atom. The Bertz CT molecular complexity index is 1280. The first-order valence-electron chi connectivity index (χ1n) is 10.1. The second-order valence-corrected chi connectivity index (χ2v) is 7.78. The van der Waals surface area contributed by atoms with E-state index in [4.69, 9.17) is 9.47 Å². The molecule has 7 heteroatoms. The Hall–Kier alpha value is -4.13. The van der Waals surface area contributed by atoms with Crippen molar-refractivity contribution < 1.29 is 24.2 Å². The van der Waals surface area contributed by atoms with Gasteiger partial charge in [0.15, 0.2) is 11.5 Å². The average molecular weight is 428 g/mol. The van der Waals surface area contributed by atoms with E-state index in [-0.39, 0.29) is 18.1 Å². The van der Waals surface area contributed by atoms with Gasteiger partial charge in [0, 0.05) is 17.4 Å². The second kappa shape index (κ2) is 7.53. The molecule has 1 unspecified atom stereocenters. The summed E-state index contributed by atoms with van der Waals surface area (Å²) in [6.07, 6.45) is 1.60. The van der Waals surface area contributed by atoms with Crippen LogP contribution >= 0.6 is 0 Å². The first-order chi connectivity index (χ1) is 15.5. The van der Waals surface area contributed by atoms with Gasteiger partial charge in [0.1, 0.15) is 11.8 Å². The number of carbonyl (C=O) groups is 2. The lowest BCUT2D eigenvalue weighted by Crippen LogP contribution is -2.30. The highest BCUT2D eigenvalue weighted by atomic mass is 16.7. The topological polar surface area (TPSA) is 89.0 Å². The number of aromatic nitrogens is 1. The normalized spacial score (nSPS) is 18.9. The molecule has 1 fully saturated rings. The van der Waals surface area contributed by atoms with Gasteiger partial charge in [-0.25, -0.2) is 0 Å². The quantitative estimate of drug-likeness (QED) is 0.385. The van der Waals surface area contributed by atoms with Gasteiger partial charge < -0.3 is 14.6 Å². The van der Waals surface area contributed by atoms with Crippen molar-refractivity contribution in [3.05, 3.63) is 88.8 Å². The molecule has 1 amide bonds. The summed E-state index contributed by atoms with van der Waals surface area (Å²) in [5, 5.41) is 11.2. The number of ether oxygens (including phenoxy) is 2. The zero-order chi connectivity index (χ0) is 22.4. The number of carbonyl (C=O) groups excluding carboxylic acids is 2. The molecule has 32 heavy (non-hydrogen) atoms. The van der Waals surface area contributed by atoms with Crippen LogP contribution in [0.2, 0.25) is 0 Å². The fourth-order valence-corrected chi connectivity index (χ4v) is 4.08. The number of anilines is 1. The molecule has 5 rings (SSSR count). The van der Waals surface area contributed by atoms with Gasteiger partial charge in [0.25, 0.3) is 11.7 Å². The van der Waals surface area contributed by atoms with E-state index in [0.29, 0.717) is 28.4 Å². The van der Waals surface area contributed by atoms with Crippen LogP contribution in [-0.2, 0) is 9.59 Å². The number of rotatable bonds is 3.